The van der Waals surface area contributed by atoms with Crippen molar-refractivity contribution < 1.29 is 9.47 Å². The van der Waals surface area contributed by atoms with Gasteiger partial charge in [-0.2, -0.15) is 0 Å². The van der Waals surface area contributed by atoms with Crippen molar-refractivity contribution in [2.24, 2.45) is 4.99 Å². The predicted molar refractivity (Wildman–Crippen MR) is 126 cm³/mol. The monoisotopic (exact) mass is 436 g/mol. The summed E-state index contributed by atoms with van der Waals surface area (Å²) in [5, 5.41) is 11.7. The van der Waals surface area contributed by atoms with Crippen LogP contribution in [0.15, 0.2) is 59.9 Å². The van der Waals surface area contributed by atoms with Crippen LogP contribution in [-0.4, -0.2) is 53.4 Å². The van der Waals surface area contributed by atoms with E-state index in [9.17, 15) is 0 Å². The molecule has 0 spiro atoms. The number of ether oxygens (including phenoxy) is 2. The molecular weight excluding hydrogens is 404 g/mol. The van der Waals surface area contributed by atoms with Crippen LogP contribution < -0.4 is 14.8 Å². The van der Waals surface area contributed by atoms with Gasteiger partial charge in [0.05, 0.1) is 20.8 Å². The molecule has 0 saturated heterocycles. The highest BCUT2D eigenvalue weighted by molar-refractivity contribution is 5.79. The molecule has 8 heteroatoms. The van der Waals surface area contributed by atoms with Crippen molar-refractivity contribution in [2.75, 3.05) is 27.8 Å². The quantitative estimate of drug-likeness (QED) is 0.389. The molecule has 8 nitrogen and oxygen atoms in total. The number of methoxy groups -OCH3 is 2. The Bertz CT molecular complexity index is 982. The molecule has 1 heterocycles. The molecule has 0 saturated carbocycles. The number of aliphatic imine (C=N–C) groups is 1. The highest BCUT2D eigenvalue weighted by Gasteiger charge is 2.09. The van der Waals surface area contributed by atoms with Gasteiger partial charge in [-0.15, -0.1) is 10.2 Å². The Balaban J connectivity index is 1.68. The summed E-state index contributed by atoms with van der Waals surface area (Å²) in [6.45, 7) is 4.88. The molecule has 32 heavy (non-hydrogen) atoms. The lowest BCUT2D eigenvalue weighted by Crippen LogP contribution is -2.40. The van der Waals surface area contributed by atoms with Gasteiger partial charge in [0.25, 0.3) is 0 Å². The minimum Gasteiger partial charge on any atom is -0.497 e. The average molecular weight is 437 g/mol. The van der Waals surface area contributed by atoms with Crippen molar-refractivity contribution in [3.05, 3.63) is 71.8 Å². The van der Waals surface area contributed by atoms with Gasteiger partial charge in [0.1, 0.15) is 23.7 Å². The first-order chi connectivity index (χ1) is 15.6. The highest BCUT2D eigenvalue weighted by Crippen LogP contribution is 2.14. The van der Waals surface area contributed by atoms with E-state index in [-0.39, 0.29) is 0 Å². The molecule has 0 unspecified atom stereocenters. The number of hydrogen-bond donors (Lipinski definition) is 1. The molecule has 0 aliphatic rings. The molecule has 0 bridgehead atoms. The van der Waals surface area contributed by atoms with Crippen LogP contribution in [0.5, 0.6) is 11.5 Å². The fourth-order valence-electron chi connectivity index (χ4n) is 3.32. The molecule has 0 fully saturated rings. The van der Waals surface area contributed by atoms with Crippen LogP contribution in [0.4, 0.5) is 0 Å². The zero-order valence-corrected chi connectivity index (χ0v) is 19.3. The van der Waals surface area contributed by atoms with Crippen molar-refractivity contribution in [2.45, 2.75) is 33.0 Å². The Labute approximate surface area is 189 Å². The third-order valence-electron chi connectivity index (χ3n) is 5.16. The molecule has 2 aromatic carbocycles. The van der Waals surface area contributed by atoms with Crippen LogP contribution in [0.2, 0.25) is 0 Å². The zero-order chi connectivity index (χ0) is 22.8. The Hall–Kier alpha value is -3.55. The van der Waals surface area contributed by atoms with Crippen molar-refractivity contribution in [3.63, 3.8) is 0 Å². The first-order valence-corrected chi connectivity index (χ1v) is 10.7. The molecule has 1 N–H and O–H groups in total. The summed E-state index contributed by atoms with van der Waals surface area (Å²) < 4.78 is 12.6. The second-order valence-electron chi connectivity index (χ2n) is 7.41. The molecule has 1 aromatic heterocycles. The van der Waals surface area contributed by atoms with Gasteiger partial charge < -0.3 is 24.3 Å². The second kappa shape index (κ2) is 11.7. The van der Waals surface area contributed by atoms with E-state index in [1.54, 1.807) is 20.5 Å². The maximum absolute atomic E-state index is 5.26. The fourth-order valence-corrected chi connectivity index (χ4v) is 3.32. The van der Waals surface area contributed by atoms with E-state index in [1.165, 1.54) is 5.56 Å². The standard InChI is InChI=1S/C24H32N6O2/c1-5-23-28-27-18-30(23)15-14-25-24(26-16-19-6-10-21(31-3)11-7-19)29(2)17-20-8-12-22(32-4)13-9-20/h6-13,18H,5,14-17H2,1-4H3,(H,25,26). The van der Waals surface area contributed by atoms with Gasteiger partial charge in [-0.3, -0.25) is 0 Å². The molecule has 3 aromatic rings. The summed E-state index contributed by atoms with van der Waals surface area (Å²) in [6, 6.07) is 16.1. The van der Waals surface area contributed by atoms with Crippen LogP contribution in [0.3, 0.4) is 0 Å². The van der Waals surface area contributed by atoms with E-state index in [0.29, 0.717) is 6.54 Å². The summed E-state index contributed by atoms with van der Waals surface area (Å²) >= 11 is 0. The van der Waals surface area contributed by atoms with Crippen LogP contribution in [0.25, 0.3) is 0 Å². The summed E-state index contributed by atoms with van der Waals surface area (Å²) in [5.41, 5.74) is 2.30. The largest absolute Gasteiger partial charge is 0.497 e. The van der Waals surface area contributed by atoms with E-state index >= 15 is 0 Å². The smallest absolute Gasteiger partial charge is 0.194 e. The number of hydrogen-bond acceptors (Lipinski definition) is 5. The van der Waals surface area contributed by atoms with Gasteiger partial charge in [-0.25, -0.2) is 4.99 Å². The Morgan fingerprint density at radius 2 is 1.62 bits per heavy atom. The van der Waals surface area contributed by atoms with E-state index in [4.69, 9.17) is 14.5 Å². The second-order valence-corrected chi connectivity index (χ2v) is 7.41. The lowest BCUT2D eigenvalue weighted by molar-refractivity contribution is 0.414. The topological polar surface area (TPSA) is 76.8 Å². The normalized spacial score (nSPS) is 11.3. The van der Waals surface area contributed by atoms with Crippen molar-refractivity contribution >= 4 is 5.96 Å². The number of nitrogens with zero attached hydrogens (tertiary/aromatic N) is 5. The third-order valence-corrected chi connectivity index (χ3v) is 5.16. The summed E-state index contributed by atoms with van der Waals surface area (Å²) in [7, 11) is 5.39. The zero-order valence-electron chi connectivity index (χ0n) is 19.3. The maximum Gasteiger partial charge on any atom is 0.194 e. The Kier molecular flexibility index (Phi) is 8.48. The highest BCUT2D eigenvalue weighted by atomic mass is 16.5. The van der Waals surface area contributed by atoms with Crippen LogP contribution in [-0.2, 0) is 26.1 Å². The Morgan fingerprint density at radius 3 is 2.22 bits per heavy atom. The molecule has 170 valence electrons. The third kappa shape index (κ3) is 6.47. The molecule has 0 aliphatic heterocycles. The number of guanidine groups is 1. The van der Waals surface area contributed by atoms with Crippen LogP contribution in [0, 0.1) is 0 Å². The first kappa shape index (κ1) is 23.1. The molecule has 0 amide bonds. The van der Waals surface area contributed by atoms with Crippen LogP contribution in [0.1, 0.15) is 23.9 Å². The number of benzene rings is 2. The van der Waals surface area contributed by atoms with Gasteiger partial charge >= 0.3 is 0 Å². The van der Waals surface area contributed by atoms with Gasteiger partial charge in [0.2, 0.25) is 0 Å². The number of rotatable bonds is 10. The molecule has 0 radical (unpaired) electrons. The summed E-state index contributed by atoms with van der Waals surface area (Å²) in [4.78, 5) is 6.99. The maximum atomic E-state index is 5.26. The van der Waals surface area contributed by atoms with Crippen molar-refractivity contribution in [3.8, 4) is 11.5 Å². The minimum absolute atomic E-state index is 0.576. The van der Waals surface area contributed by atoms with E-state index < -0.39 is 0 Å². The average Bonchev–Trinajstić information content (AvgIpc) is 3.29. The van der Waals surface area contributed by atoms with Gasteiger partial charge in [-0.1, -0.05) is 31.2 Å². The number of aromatic nitrogens is 3. The number of nitrogens with one attached hydrogen (secondary N) is 1. The lowest BCUT2D eigenvalue weighted by Gasteiger charge is -2.23. The number of aryl methyl sites for hydroxylation is 1. The summed E-state index contributed by atoms with van der Waals surface area (Å²) in [5.74, 6) is 3.51. The van der Waals surface area contributed by atoms with Gasteiger partial charge in [0.15, 0.2) is 5.96 Å². The van der Waals surface area contributed by atoms with Crippen LogP contribution >= 0.6 is 0 Å². The van der Waals surface area contributed by atoms with Crippen molar-refractivity contribution in [1.29, 1.82) is 0 Å². The molecular formula is C24H32N6O2. The van der Waals surface area contributed by atoms with Gasteiger partial charge in [-0.05, 0) is 35.4 Å². The SMILES string of the molecule is CCc1nncn1CCNC(=NCc1ccc(OC)cc1)N(C)Cc1ccc(OC)cc1. The fraction of sp³-hybridized carbons (Fsp3) is 0.375. The molecule has 0 atom stereocenters. The molecule has 3 rings (SSSR count). The minimum atomic E-state index is 0.576. The predicted octanol–water partition coefficient (Wildman–Crippen LogP) is 3.14. The van der Waals surface area contributed by atoms with E-state index in [1.807, 2.05) is 43.4 Å². The summed E-state index contributed by atoms with van der Waals surface area (Å²) in [6.07, 6.45) is 2.63. The first-order valence-electron chi connectivity index (χ1n) is 10.7. The van der Waals surface area contributed by atoms with E-state index in [0.717, 1.165) is 54.9 Å². The Morgan fingerprint density at radius 1 is 1.00 bits per heavy atom. The van der Waals surface area contributed by atoms with Gasteiger partial charge in [0, 0.05) is 33.1 Å². The lowest BCUT2D eigenvalue weighted by atomic mass is 10.2. The van der Waals surface area contributed by atoms with E-state index in [2.05, 4.69) is 44.0 Å². The van der Waals surface area contributed by atoms with Crippen molar-refractivity contribution in [1.82, 2.24) is 25.0 Å². The molecule has 0 aliphatic carbocycles.